The molecule has 2 aromatic rings. The summed E-state index contributed by atoms with van der Waals surface area (Å²) in [5, 5.41) is 1.04. The summed E-state index contributed by atoms with van der Waals surface area (Å²) in [7, 11) is 1.75. The number of carbonyl (C=O) groups excluding carboxylic acids is 1. The average molecular weight is 372 g/mol. The minimum absolute atomic E-state index is 0.000628. The quantitative estimate of drug-likeness (QED) is 0.709. The zero-order valence-corrected chi connectivity index (χ0v) is 14.9. The smallest absolute Gasteiger partial charge is 0.232 e. The summed E-state index contributed by atoms with van der Waals surface area (Å²) >= 11 is 12.9. The second-order valence-corrected chi connectivity index (χ2v) is 6.96. The Morgan fingerprint density at radius 3 is 2.43 bits per heavy atom. The summed E-state index contributed by atoms with van der Waals surface area (Å²) in [6.07, 6.45) is 0. The van der Waals surface area contributed by atoms with Crippen LogP contribution in [0.25, 0.3) is 0 Å². The van der Waals surface area contributed by atoms with Crippen LogP contribution in [0.5, 0.6) is 0 Å². The third-order valence-corrected chi connectivity index (χ3v) is 4.71. The Labute approximate surface area is 149 Å². The van der Waals surface area contributed by atoms with Crippen molar-refractivity contribution >= 4 is 40.9 Å². The third kappa shape index (κ3) is 5.72. The molecule has 0 bridgehead atoms. The van der Waals surface area contributed by atoms with Gasteiger partial charge in [0.25, 0.3) is 0 Å². The molecular weight excluding hydrogens is 356 g/mol. The van der Waals surface area contributed by atoms with Gasteiger partial charge in [0.15, 0.2) is 0 Å². The molecule has 2 rings (SSSR count). The molecule has 0 aliphatic carbocycles. The molecule has 0 spiro atoms. The summed E-state index contributed by atoms with van der Waals surface area (Å²) in [6, 6.07) is 12.0. The molecule has 1 amide bonds. The lowest BCUT2D eigenvalue weighted by atomic mass is 10.2. The standard InChI is InChI=1S/C17H16Cl2FNOS/c1-21(9-12-2-5-14(18)6-3-12)17(22)11-23-10-13-4-7-15(19)8-16(13)20/h2-8H,9-11H2,1H3. The number of thioether (sulfide) groups is 1. The zero-order valence-electron chi connectivity index (χ0n) is 12.6. The molecule has 122 valence electrons. The molecule has 0 heterocycles. The minimum atomic E-state index is -0.341. The van der Waals surface area contributed by atoms with Gasteiger partial charge in [-0.15, -0.1) is 11.8 Å². The van der Waals surface area contributed by atoms with Crippen molar-refractivity contribution < 1.29 is 9.18 Å². The van der Waals surface area contributed by atoms with Crippen LogP contribution in [0.3, 0.4) is 0 Å². The van der Waals surface area contributed by atoms with E-state index in [2.05, 4.69) is 0 Å². The van der Waals surface area contributed by atoms with E-state index in [4.69, 9.17) is 23.2 Å². The Balaban J connectivity index is 1.80. The number of hydrogen-bond acceptors (Lipinski definition) is 2. The van der Waals surface area contributed by atoms with Gasteiger partial charge in [0.1, 0.15) is 5.82 Å². The molecule has 0 N–H and O–H groups in total. The molecule has 0 saturated carbocycles. The highest BCUT2D eigenvalue weighted by Gasteiger charge is 2.10. The molecule has 0 atom stereocenters. The minimum Gasteiger partial charge on any atom is -0.341 e. The lowest BCUT2D eigenvalue weighted by Gasteiger charge is -2.17. The van der Waals surface area contributed by atoms with E-state index in [0.717, 1.165) is 5.56 Å². The number of amides is 1. The van der Waals surface area contributed by atoms with Crippen molar-refractivity contribution in [3.05, 3.63) is 69.5 Å². The Morgan fingerprint density at radius 1 is 1.13 bits per heavy atom. The monoisotopic (exact) mass is 371 g/mol. The molecule has 0 aliphatic rings. The largest absolute Gasteiger partial charge is 0.341 e. The van der Waals surface area contributed by atoms with Crippen molar-refractivity contribution in [1.82, 2.24) is 4.90 Å². The highest BCUT2D eigenvalue weighted by molar-refractivity contribution is 7.99. The van der Waals surface area contributed by atoms with E-state index in [1.165, 1.54) is 17.8 Å². The molecule has 0 fully saturated rings. The molecule has 0 radical (unpaired) electrons. The second kappa shape index (κ2) is 8.57. The van der Waals surface area contributed by atoms with E-state index in [9.17, 15) is 9.18 Å². The molecule has 0 saturated heterocycles. The highest BCUT2D eigenvalue weighted by Crippen LogP contribution is 2.20. The number of carbonyl (C=O) groups is 1. The van der Waals surface area contributed by atoms with Gasteiger partial charge in [0, 0.05) is 29.4 Å². The van der Waals surface area contributed by atoms with E-state index in [0.29, 0.717) is 33.7 Å². The molecule has 2 aromatic carbocycles. The molecule has 2 nitrogen and oxygen atoms in total. The summed E-state index contributed by atoms with van der Waals surface area (Å²) in [5.41, 5.74) is 1.56. The van der Waals surface area contributed by atoms with Gasteiger partial charge in [0.2, 0.25) is 5.91 Å². The maximum Gasteiger partial charge on any atom is 0.232 e. The number of benzene rings is 2. The highest BCUT2D eigenvalue weighted by atomic mass is 35.5. The Kier molecular flexibility index (Phi) is 6.75. The number of halogens is 3. The normalized spacial score (nSPS) is 10.6. The van der Waals surface area contributed by atoms with Crippen LogP contribution >= 0.6 is 35.0 Å². The first-order chi connectivity index (χ1) is 11.0. The fourth-order valence-corrected chi connectivity index (χ4v) is 3.18. The predicted octanol–water partition coefficient (Wildman–Crippen LogP) is 5.02. The van der Waals surface area contributed by atoms with Gasteiger partial charge in [-0.2, -0.15) is 0 Å². The maximum atomic E-state index is 13.6. The SMILES string of the molecule is CN(Cc1ccc(Cl)cc1)C(=O)CSCc1ccc(Cl)cc1F. The van der Waals surface area contributed by atoms with Gasteiger partial charge in [-0.3, -0.25) is 4.79 Å². The van der Waals surface area contributed by atoms with Gasteiger partial charge in [-0.05, 0) is 35.4 Å². The van der Waals surface area contributed by atoms with Crippen molar-refractivity contribution in [2.45, 2.75) is 12.3 Å². The zero-order chi connectivity index (χ0) is 16.8. The van der Waals surface area contributed by atoms with Crippen LogP contribution in [0.15, 0.2) is 42.5 Å². The van der Waals surface area contributed by atoms with Crippen molar-refractivity contribution in [3.63, 3.8) is 0 Å². The number of nitrogens with zero attached hydrogens (tertiary/aromatic N) is 1. The molecule has 0 aromatic heterocycles. The van der Waals surface area contributed by atoms with Crippen LogP contribution in [0.1, 0.15) is 11.1 Å². The maximum absolute atomic E-state index is 13.6. The Bertz CT molecular complexity index is 679. The van der Waals surface area contributed by atoms with Crippen LogP contribution in [0.4, 0.5) is 4.39 Å². The van der Waals surface area contributed by atoms with Crippen LogP contribution in [0.2, 0.25) is 10.0 Å². The second-order valence-electron chi connectivity index (χ2n) is 5.10. The Hall–Kier alpha value is -1.23. The molecule has 6 heteroatoms. The van der Waals surface area contributed by atoms with Gasteiger partial charge in [-0.25, -0.2) is 4.39 Å². The van der Waals surface area contributed by atoms with Crippen LogP contribution in [-0.2, 0) is 17.1 Å². The van der Waals surface area contributed by atoms with E-state index in [-0.39, 0.29) is 11.7 Å². The lowest BCUT2D eigenvalue weighted by molar-refractivity contribution is -0.127. The third-order valence-electron chi connectivity index (χ3n) is 3.26. The van der Waals surface area contributed by atoms with Crippen LogP contribution in [0, 0.1) is 5.82 Å². The van der Waals surface area contributed by atoms with Crippen LogP contribution < -0.4 is 0 Å². The average Bonchev–Trinajstić information content (AvgIpc) is 2.51. The summed E-state index contributed by atoms with van der Waals surface area (Å²) in [5.74, 6) is 0.390. The first-order valence-electron chi connectivity index (χ1n) is 6.96. The van der Waals surface area contributed by atoms with Crippen molar-refractivity contribution in [1.29, 1.82) is 0 Å². The number of rotatable bonds is 6. The van der Waals surface area contributed by atoms with Crippen molar-refractivity contribution in [3.8, 4) is 0 Å². The van der Waals surface area contributed by atoms with E-state index in [1.54, 1.807) is 36.2 Å². The van der Waals surface area contributed by atoms with Gasteiger partial charge >= 0.3 is 0 Å². The molecule has 0 unspecified atom stereocenters. The predicted molar refractivity (Wildman–Crippen MR) is 95.5 cm³/mol. The van der Waals surface area contributed by atoms with Gasteiger partial charge in [-0.1, -0.05) is 41.4 Å². The fraction of sp³-hybridized carbons (Fsp3) is 0.235. The summed E-state index contributed by atoms with van der Waals surface area (Å²) < 4.78 is 13.6. The molecular formula is C17H16Cl2FNOS. The van der Waals surface area contributed by atoms with Gasteiger partial charge in [0.05, 0.1) is 5.75 Å². The van der Waals surface area contributed by atoms with Crippen molar-refractivity contribution in [2.75, 3.05) is 12.8 Å². The van der Waals surface area contributed by atoms with E-state index < -0.39 is 0 Å². The summed E-state index contributed by atoms with van der Waals surface area (Å²) in [6.45, 7) is 0.520. The van der Waals surface area contributed by atoms with Crippen LogP contribution in [-0.4, -0.2) is 23.6 Å². The molecule has 0 aliphatic heterocycles. The Morgan fingerprint density at radius 2 is 1.78 bits per heavy atom. The van der Waals surface area contributed by atoms with Crippen molar-refractivity contribution in [2.24, 2.45) is 0 Å². The van der Waals surface area contributed by atoms with E-state index in [1.807, 2.05) is 12.1 Å². The summed E-state index contributed by atoms with van der Waals surface area (Å²) in [4.78, 5) is 13.8. The lowest BCUT2D eigenvalue weighted by Crippen LogP contribution is -2.27. The van der Waals surface area contributed by atoms with E-state index >= 15 is 0 Å². The molecule has 23 heavy (non-hydrogen) atoms. The van der Waals surface area contributed by atoms with Gasteiger partial charge < -0.3 is 4.90 Å². The first kappa shape index (κ1) is 18.1. The number of hydrogen-bond donors (Lipinski definition) is 0. The fourth-order valence-electron chi connectivity index (χ4n) is 1.95. The first-order valence-corrected chi connectivity index (χ1v) is 8.87. The topological polar surface area (TPSA) is 20.3 Å².